The number of benzene rings is 2. The molecule has 0 aliphatic heterocycles. The number of ether oxygens (including phenoxy) is 1. The Morgan fingerprint density at radius 1 is 1.03 bits per heavy atom. The minimum Gasteiger partial charge on any atom is -0.478 e. The summed E-state index contributed by atoms with van der Waals surface area (Å²) < 4.78 is 4.89. The molecule has 0 spiro atoms. The predicted octanol–water partition coefficient (Wildman–Crippen LogP) is 4.02. The summed E-state index contributed by atoms with van der Waals surface area (Å²) in [6.45, 7) is 3.68. The standard InChI is InChI=1S/C25H23N3O8S2/c1-3-36-20(29)11-16-12-37-25(27-16)28-21(30)13(2)38-17-6-4-5-15(10-17)26-22(31)18-8-7-14(23(32)33)9-19(18)24(34)35/h4-10,12-13H,3,11H2,1-2H3,(H,26,31)(H,32,33)(H,34,35)(H,27,28,30). The number of carbonyl (C=O) groups is 5. The minimum atomic E-state index is -1.43. The first-order valence-electron chi connectivity index (χ1n) is 11.2. The van der Waals surface area contributed by atoms with Gasteiger partial charge in [-0.05, 0) is 50.2 Å². The fourth-order valence-electron chi connectivity index (χ4n) is 3.17. The van der Waals surface area contributed by atoms with Crippen LogP contribution in [0.25, 0.3) is 0 Å². The second-order valence-electron chi connectivity index (χ2n) is 7.73. The molecule has 0 saturated heterocycles. The van der Waals surface area contributed by atoms with Crippen molar-refractivity contribution in [3.05, 3.63) is 70.2 Å². The smallest absolute Gasteiger partial charge is 0.336 e. The van der Waals surface area contributed by atoms with Crippen LogP contribution in [0, 0.1) is 0 Å². The van der Waals surface area contributed by atoms with Crippen LogP contribution in [0.1, 0.15) is 50.6 Å². The van der Waals surface area contributed by atoms with Gasteiger partial charge in [-0.25, -0.2) is 14.6 Å². The summed E-state index contributed by atoms with van der Waals surface area (Å²) in [6, 6.07) is 9.85. The molecule has 2 amide bonds. The molecule has 0 fully saturated rings. The van der Waals surface area contributed by atoms with E-state index < -0.39 is 34.6 Å². The lowest BCUT2D eigenvalue weighted by Crippen LogP contribution is -2.22. The second kappa shape index (κ2) is 12.8. The monoisotopic (exact) mass is 557 g/mol. The lowest BCUT2D eigenvalue weighted by molar-refractivity contribution is -0.142. The van der Waals surface area contributed by atoms with Crippen LogP contribution < -0.4 is 10.6 Å². The largest absolute Gasteiger partial charge is 0.478 e. The van der Waals surface area contributed by atoms with Gasteiger partial charge in [0.15, 0.2) is 5.13 Å². The van der Waals surface area contributed by atoms with Gasteiger partial charge < -0.3 is 25.6 Å². The average molecular weight is 558 g/mol. The van der Waals surface area contributed by atoms with Crippen molar-refractivity contribution in [2.24, 2.45) is 0 Å². The van der Waals surface area contributed by atoms with Gasteiger partial charge in [0.05, 0.1) is 40.7 Å². The van der Waals surface area contributed by atoms with Crippen LogP contribution in [0.2, 0.25) is 0 Å². The summed E-state index contributed by atoms with van der Waals surface area (Å²) >= 11 is 2.42. The Balaban J connectivity index is 1.63. The van der Waals surface area contributed by atoms with E-state index >= 15 is 0 Å². The molecule has 1 unspecified atom stereocenters. The van der Waals surface area contributed by atoms with Crippen LogP contribution >= 0.6 is 23.1 Å². The maximum atomic E-state index is 12.7. The number of hydrogen-bond acceptors (Lipinski definition) is 9. The van der Waals surface area contributed by atoms with E-state index in [-0.39, 0.29) is 30.1 Å². The number of nitrogens with zero attached hydrogens (tertiary/aromatic N) is 1. The number of amides is 2. The molecular weight excluding hydrogens is 534 g/mol. The summed E-state index contributed by atoms with van der Waals surface area (Å²) in [5.74, 6) is -4.19. The van der Waals surface area contributed by atoms with E-state index in [0.29, 0.717) is 21.4 Å². The number of aromatic carboxylic acids is 2. The summed E-state index contributed by atoms with van der Waals surface area (Å²) in [5.41, 5.74) is -0.0339. The molecule has 0 aliphatic rings. The highest BCUT2D eigenvalue weighted by atomic mass is 32.2. The number of hydrogen-bond donors (Lipinski definition) is 4. The van der Waals surface area contributed by atoms with Crippen LogP contribution in [0.5, 0.6) is 0 Å². The van der Waals surface area contributed by atoms with Gasteiger partial charge in [0, 0.05) is 16.0 Å². The number of carboxylic acid groups (broad SMARTS) is 2. The van der Waals surface area contributed by atoms with Gasteiger partial charge in [-0.3, -0.25) is 14.4 Å². The third kappa shape index (κ3) is 7.63. The molecule has 0 bridgehead atoms. The van der Waals surface area contributed by atoms with Crippen molar-refractivity contribution in [2.75, 3.05) is 17.2 Å². The van der Waals surface area contributed by atoms with Crippen molar-refractivity contribution in [2.45, 2.75) is 30.4 Å². The molecule has 4 N–H and O–H groups in total. The van der Waals surface area contributed by atoms with E-state index in [1.54, 1.807) is 43.5 Å². The van der Waals surface area contributed by atoms with Crippen molar-refractivity contribution in [1.29, 1.82) is 0 Å². The fourth-order valence-corrected chi connectivity index (χ4v) is 4.81. The Morgan fingerprint density at radius 3 is 2.47 bits per heavy atom. The van der Waals surface area contributed by atoms with Gasteiger partial charge in [-0.2, -0.15) is 0 Å². The molecule has 3 rings (SSSR count). The Hall–Kier alpha value is -4.23. The van der Waals surface area contributed by atoms with E-state index in [4.69, 9.17) is 9.84 Å². The number of carbonyl (C=O) groups excluding carboxylic acids is 3. The molecular formula is C25H23N3O8S2. The van der Waals surface area contributed by atoms with Crippen LogP contribution in [0.3, 0.4) is 0 Å². The molecule has 1 heterocycles. The number of carboxylic acids is 2. The lowest BCUT2D eigenvalue weighted by Gasteiger charge is -2.12. The van der Waals surface area contributed by atoms with Gasteiger partial charge in [0.1, 0.15) is 0 Å². The molecule has 1 aromatic heterocycles. The summed E-state index contributed by atoms with van der Waals surface area (Å²) in [5, 5.41) is 25.3. The van der Waals surface area contributed by atoms with Crippen LogP contribution in [-0.4, -0.2) is 56.8 Å². The van der Waals surface area contributed by atoms with E-state index in [0.717, 1.165) is 18.2 Å². The quantitative estimate of drug-likeness (QED) is 0.199. The van der Waals surface area contributed by atoms with Crippen molar-refractivity contribution in [3.8, 4) is 0 Å². The van der Waals surface area contributed by atoms with Crippen molar-refractivity contribution >= 4 is 63.6 Å². The molecule has 0 radical (unpaired) electrons. The summed E-state index contributed by atoms with van der Waals surface area (Å²) in [6.07, 6.45) is 0.0146. The normalized spacial score (nSPS) is 11.3. The molecule has 3 aromatic rings. The molecule has 13 heteroatoms. The van der Waals surface area contributed by atoms with Crippen LogP contribution in [0.15, 0.2) is 52.7 Å². The lowest BCUT2D eigenvalue weighted by atomic mass is 10.0. The first-order chi connectivity index (χ1) is 18.1. The van der Waals surface area contributed by atoms with Gasteiger partial charge in [0.2, 0.25) is 5.91 Å². The van der Waals surface area contributed by atoms with E-state index in [1.165, 1.54) is 23.1 Å². The molecule has 198 valence electrons. The molecule has 11 nitrogen and oxygen atoms in total. The topological polar surface area (TPSA) is 172 Å². The Labute approximate surface area is 225 Å². The molecule has 1 atom stereocenters. The average Bonchev–Trinajstić information content (AvgIpc) is 3.30. The Kier molecular flexibility index (Phi) is 9.57. The highest BCUT2D eigenvalue weighted by Gasteiger charge is 2.20. The van der Waals surface area contributed by atoms with Gasteiger partial charge in [-0.15, -0.1) is 23.1 Å². The van der Waals surface area contributed by atoms with E-state index in [9.17, 15) is 29.1 Å². The van der Waals surface area contributed by atoms with Crippen molar-refractivity contribution in [1.82, 2.24) is 4.98 Å². The minimum absolute atomic E-state index is 0.0146. The first kappa shape index (κ1) is 28.3. The molecule has 0 aliphatic carbocycles. The maximum absolute atomic E-state index is 12.7. The zero-order valence-electron chi connectivity index (χ0n) is 20.2. The number of esters is 1. The Bertz CT molecular complexity index is 1390. The van der Waals surface area contributed by atoms with Gasteiger partial charge >= 0.3 is 17.9 Å². The van der Waals surface area contributed by atoms with E-state index in [1.807, 2.05) is 0 Å². The zero-order valence-corrected chi connectivity index (χ0v) is 21.9. The second-order valence-corrected chi connectivity index (χ2v) is 10.0. The van der Waals surface area contributed by atoms with E-state index in [2.05, 4.69) is 15.6 Å². The maximum Gasteiger partial charge on any atom is 0.336 e. The highest BCUT2D eigenvalue weighted by Crippen LogP contribution is 2.27. The van der Waals surface area contributed by atoms with Crippen molar-refractivity contribution in [3.63, 3.8) is 0 Å². The number of thiazole rings is 1. The third-order valence-electron chi connectivity index (χ3n) is 4.93. The van der Waals surface area contributed by atoms with Gasteiger partial charge in [0.25, 0.3) is 5.91 Å². The highest BCUT2D eigenvalue weighted by molar-refractivity contribution is 8.00. The zero-order chi connectivity index (χ0) is 27.8. The fraction of sp³-hybridized carbons (Fsp3) is 0.200. The Morgan fingerprint density at radius 2 is 1.79 bits per heavy atom. The first-order valence-corrected chi connectivity index (χ1v) is 12.9. The van der Waals surface area contributed by atoms with Crippen LogP contribution in [0.4, 0.5) is 10.8 Å². The summed E-state index contributed by atoms with van der Waals surface area (Å²) in [4.78, 5) is 64.6. The van der Waals surface area contributed by atoms with Gasteiger partial charge in [-0.1, -0.05) is 6.07 Å². The number of rotatable bonds is 11. The predicted molar refractivity (Wildman–Crippen MR) is 141 cm³/mol. The number of anilines is 2. The van der Waals surface area contributed by atoms with Crippen molar-refractivity contribution < 1.29 is 38.9 Å². The third-order valence-corrected chi connectivity index (χ3v) is 6.83. The summed E-state index contributed by atoms with van der Waals surface area (Å²) in [7, 11) is 0. The number of thioether (sulfide) groups is 1. The molecule has 38 heavy (non-hydrogen) atoms. The molecule has 2 aromatic carbocycles. The number of aromatic nitrogens is 1. The molecule has 0 saturated carbocycles. The van der Waals surface area contributed by atoms with Crippen LogP contribution in [-0.2, 0) is 20.7 Å². The SMILES string of the molecule is CCOC(=O)Cc1csc(NC(=O)C(C)Sc2cccc(NC(=O)c3ccc(C(=O)O)cc3C(=O)O)c2)n1. The number of nitrogens with one attached hydrogen (secondary N) is 2.